The molecule has 8 nitrogen and oxygen atoms in total. The predicted octanol–water partition coefficient (Wildman–Crippen LogP) is 5.68. The maximum Gasteiger partial charge on any atom is 0.328 e. The molecule has 2 aliphatic rings. The molecule has 2 aromatic rings. The second-order valence-corrected chi connectivity index (χ2v) is 10.5. The van der Waals surface area contributed by atoms with Gasteiger partial charge in [-0.15, -0.1) is 0 Å². The molecule has 0 aromatic heterocycles. The normalized spacial score (nSPS) is 15.6. The third-order valence-electron chi connectivity index (χ3n) is 6.37. The van der Waals surface area contributed by atoms with Crippen LogP contribution in [0.3, 0.4) is 0 Å². The van der Waals surface area contributed by atoms with Gasteiger partial charge in [0.25, 0.3) is 0 Å². The number of nitrogens with zero attached hydrogens (tertiary/aromatic N) is 3. The van der Waals surface area contributed by atoms with Gasteiger partial charge in [0.1, 0.15) is 11.6 Å². The molecule has 4 rings (SSSR count). The van der Waals surface area contributed by atoms with E-state index in [0.717, 1.165) is 49.1 Å². The number of aliphatic imine (C=N–C) groups is 1. The van der Waals surface area contributed by atoms with E-state index in [9.17, 15) is 14.0 Å². The Morgan fingerprint density at radius 3 is 2.51 bits per heavy atom. The van der Waals surface area contributed by atoms with E-state index in [4.69, 9.17) is 31.5 Å². The number of fused-ring (bicyclic) bond motifs is 1. The van der Waals surface area contributed by atoms with Crippen molar-refractivity contribution in [3.8, 4) is 5.75 Å². The average Bonchev–Trinajstić information content (AvgIpc) is 2.93. The third kappa shape index (κ3) is 10.2. The van der Waals surface area contributed by atoms with E-state index < -0.39 is 17.8 Å². The molecule has 0 spiro atoms. The molecule has 0 atom stereocenters. The molecule has 0 aliphatic carbocycles. The van der Waals surface area contributed by atoms with Gasteiger partial charge in [-0.05, 0) is 56.0 Å². The van der Waals surface area contributed by atoms with Gasteiger partial charge in [0.05, 0.1) is 17.3 Å². The first-order chi connectivity index (χ1) is 18.7. The zero-order valence-electron chi connectivity index (χ0n) is 21.8. The Morgan fingerprint density at radius 2 is 1.85 bits per heavy atom. The number of carboxylic acids is 2. The van der Waals surface area contributed by atoms with Gasteiger partial charge in [0.15, 0.2) is 5.17 Å². The van der Waals surface area contributed by atoms with Gasteiger partial charge in [-0.2, -0.15) is 0 Å². The molecular formula is C28H33ClFN3O5S. The van der Waals surface area contributed by atoms with E-state index in [2.05, 4.69) is 41.1 Å². The van der Waals surface area contributed by atoms with E-state index in [1.165, 1.54) is 30.5 Å². The number of piperidine rings is 1. The van der Waals surface area contributed by atoms with E-state index in [-0.39, 0.29) is 5.02 Å². The Balaban J connectivity index is 0.000000459. The molecule has 1 fully saturated rings. The lowest BCUT2D eigenvalue weighted by Crippen LogP contribution is -2.45. The Hall–Kier alpha value is -3.08. The van der Waals surface area contributed by atoms with Crippen molar-refractivity contribution in [3.63, 3.8) is 0 Å². The Labute approximate surface area is 237 Å². The quantitative estimate of drug-likeness (QED) is 0.290. The first-order valence-electron chi connectivity index (χ1n) is 12.7. The fourth-order valence-corrected chi connectivity index (χ4v) is 5.44. The molecule has 0 amide bonds. The van der Waals surface area contributed by atoms with Crippen LogP contribution in [0.5, 0.6) is 5.75 Å². The molecule has 2 aliphatic heterocycles. The van der Waals surface area contributed by atoms with E-state index in [0.29, 0.717) is 30.6 Å². The number of unbranched alkanes of at least 4 members (excludes halogenated alkanes) is 1. The van der Waals surface area contributed by atoms with Crippen LogP contribution in [0.1, 0.15) is 31.2 Å². The molecule has 1 saturated heterocycles. The lowest BCUT2D eigenvalue weighted by atomic mass is 10.0. The number of benzene rings is 2. The highest BCUT2D eigenvalue weighted by molar-refractivity contribution is 8.13. The summed E-state index contributed by atoms with van der Waals surface area (Å²) in [5.41, 5.74) is 2.44. The maximum absolute atomic E-state index is 13.2. The summed E-state index contributed by atoms with van der Waals surface area (Å²) < 4.78 is 18.9. The van der Waals surface area contributed by atoms with Gasteiger partial charge in [0, 0.05) is 50.2 Å². The van der Waals surface area contributed by atoms with E-state index in [1.807, 2.05) is 11.8 Å². The summed E-state index contributed by atoms with van der Waals surface area (Å²) in [7, 11) is 2.19. The number of carbonyl (C=O) groups is 2. The number of carboxylic acid groups (broad SMARTS) is 2. The fourth-order valence-electron chi connectivity index (χ4n) is 4.22. The van der Waals surface area contributed by atoms with Crippen molar-refractivity contribution in [1.82, 2.24) is 9.80 Å². The van der Waals surface area contributed by atoms with Crippen LogP contribution in [0.2, 0.25) is 5.02 Å². The van der Waals surface area contributed by atoms with Gasteiger partial charge in [-0.25, -0.2) is 19.0 Å². The summed E-state index contributed by atoms with van der Waals surface area (Å²) in [4.78, 5) is 28.9. The van der Waals surface area contributed by atoms with Gasteiger partial charge in [0.2, 0.25) is 0 Å². The molecule has 39 heavy (non-hydrogen) atoms. The van der Waals surface area contributed by atoms with Crippen LogP contribution in [0.25, 0.3) is 0 Å². The summed E-state index contributed by atoms with van der Waals surface area (Å²) in [6.45, 7) is 3.96. The number of amidine groups is 1. The van der Waals surface area contributed by atoms with Crippen LogP contribution in [0.4, 0.5) is 10.1 Å². The summed E-state index contributed by atoms with van der Waals surface area (Å²) in [6.07, 6.45) is 5.52. The lowest BCUT2D eigenvalue weighted by molar-refractivity contribution is -0.134. The van der Waals surface area contributed by atoms with Crippen molar-refractivity contribution in [2.75, 3.05) is 33.3 Å². The monoisotopic (exact) mass is 577 g/mol. The van der Waals surface area contributed by atoms with Crippen LogP contribution in [0.15, 0.2) is 59.6 Å². The van der Waals surface area contributed by atoms with Crippen LogP contribution >= 0.6 is 23.4 Å². The number of hydrogen-bond donors (Lipinski definition) is 2. The van der Waals surface area contributed by atoms with Crippen molar-refractivity contribution in [2.24, 2.45) is 4.99 Å². The summed E-state index contributed by atoms with van der Waals surface area (Å²) >= 11 is 7.63. The first kappa shape index (κ1) is 30.5. The SMILES string of the molecule is CN(C1=Nc2ccccc2CS1)C1CCN(CCCCOc2ccc(F)c(Cl)c2)CC1.O=C(O)C=CC(=O)O. The third-order valence-corrected chi connectivity index (χ3v) is 7.75. The highest BCUT2D eigenvalue weighted by Gasteiger charge is 2.26. The average molecular weight is 578 g/mol. The van der Waals surface area contributed by atoms with Gasteiger partial charge in [-0.1, -0.05) is 41.6 Å². The van der Waals surface area contributed by atoms with Crippen molar-refractivity contribution in [3.05, 3.63) is 71.0 Å². The molecule has 2 N–H and O–H groups in total. The molecule has 0 saturated carbocycles. The second-order valence-electron chi connectivity index (χ2n) is 9.14. The van der Waals surface area contributed by atoms with E-state index >= 15 is 0 Å². The molecule has 11 heteroatoms. The molecule has 0 unspecified atom stereocenters. The zero-order chi connectivity index (χ0) is 28.2. The minimum absolute atomic E-state index is 0.104. The van der Waals surface area contributed by atoms with Crippen LogP contribution in [-0.4, -0.2) is 76.4 Å². The topological polar surface area (TPSA) is 103 Å². The molecule has 0 bridgehead atoms. The summed E-state index contributed by atoms with van der Waals surface area (Å²) in [5, 5.41) is 16.9. The van der Waals surface area contributed by atoms with Crippen LogP contribution in [0, 0.1) is 5.82 Å². The van der Waals surface area contributed by atoms with Crippen molar-refractivity contribution >= 4 is 46.2 Å². The Morgan fingerprint density at radius 1 is 1.15 bits per heavy atom. The number of thioether (sulfide) groups is 1. The highest BCUT2D eigenvalue weighted by atomic mass is 35.5. The number of para-hydroxylation sites is 1. The Bertz CT molecular complexity index is 1170. The predicted molar refractivity (Wildman–Crippen MR) is 153 cm³/mol. The van der Waals surface area contributed by atoms with Gasteiger partial charge < -0.3 is 24.7 Å². The zero-order valence-corrected chi connectivity index (χ0v) is 23.3. The molecule has 2 heterocycles. The number of hydrogen-bond acceptors (Lipinski definition) is 7. The minimum atomic E-state index is -1.26. The maximum atomic E-state index is 13.2. The highest BCUT2D eigenvalue weighted by Crippen LogP contribution is 2.33. The van der Waals surface area contributed by atoms with Crippen molar-refractivity contribution < 1.29 is 28.9 Å². The summed E-state index contributed by atoms with van der Waals surface area (Å²) in [5.74, 6) is -1.30. The number of halogens is 2. The fraction of sp³-hybridized carbons (Fsp3) is 0.393. The van der Waals surface area contributed by atoms with Crippen molar-refractivity contribution in [2.45, 2.75) is 37.5 Å². The first-order valence-corrected chi connectivity index (χ1v) is 14.1. The molecular weight excluding hydrogens is 545 g/mol. The number of ether oxygens (including phenoxy) is 1. The molecule has 0 radical (unpaired) electrons. The standard InChI is InChI=1S/C24H29ClFN3OS.C4H4O4/c1-28(24-27-23-7-3-2-6-18(23)17-31-24)19-10-13-29(14-11-19)12-4-5-15-30-20-8-9-22(26)21(25)16-20;5-3(6)1-2-4(7)8/h2-3,6-9,16,19H,4-5,10-15,17H2,1H3;1-2H,(H,5,6)(H,7,8). The lowest BCUT2D eigenvalue weighted by Gasteiger charge is -2.38. The van der Waals surface area contributed by atoms with E-state index in [1.54, 1.807) is 6.07 Å². The largest absolute Gasteiger partial charge is 0.494 e. The molecule has 2 aromatic carbocycles. The minimum Gasteiger partial charge on any atom is -0.494 e. The summed E-state index contributed by atoms with van der Waals surface area (Å²) in [6, 6.07) is 13.5. The smallest absolute Gasteiger partial charge is 0.328 e. The Kier molecular flexibility index (Phi) is 12.1. The van der Waals surface area contributed by atoms with Crippen LogP contribution in [-0.2, 0) is 15.3 Å². The van der Waals surface area contributed by atoms with Gasteiger partial charge >= 0.3 is 11.9 Å². The number of rotatable bonds is 9. The van der Waals surface area contributed by atoms with Gasteiger partial charge in [-0.3, -0.25) is 0 Å². The number of aliphatic carboxylic acids is 2. The number of likely N-dealkylation sites (tertiary alicyclic amines) is 1. The van der Waals surface area contributed by atoms with Crippen molar-refractivity contribution in [1.29, 1.82) is 0 Å². The van der Waals surface area contributed by atoms with Crippen LogP contribution < -0.4 is 4.74 Å². The molecule has 210 valence electrons. The second kappa shape index (κ2) is 15.5.